The van der Waals surface area contributed by atoms with Crippen molar-refractivity contribution in [1.82, 2.24) is 14.7 Å². The number of amides is 3. The quantitative estimate of drug-likeness (QED) is 0.231. The van der Waals surface area contributed by atoms with Crippen molar-refractivity contribution in [2.45, 2.75) is 55.7 Å². The van der Waals surface area contributed by atoms with Gasteiger partial charge in [-0.05, 0) is 36.1 Å². The van der Waals surface area contributed by atoms with E-state index in [1.54, 1.807) is 29.0 Å². The van der Waals surface area contributed by atoms with Crippen LogP contribution in [0.1, 0.15) is 30.4 Å². The van der Waals surface area contributed by atoms with Crippen molar-refractivity contribution in [3.05, 3.63) is 79.9 Å². The van der Waals surface area contributed by atoms with Crippen LogP contribution in [0.4, 0.5) is 16.2 Å². The molecular weight excluding hydrogens is 582 g/mol. The van der Waals surface area contributed by atoms with Crippen molar-refractivity contribution in [2.75, 3.05) is 26.7 Å². The second kappa shape index (κ2) is 13.8. The molecule has 43 heavy (non-hydrogen) atoms. The van der Waals surface area contributed by atoms with Gasteiger partial charge in [0.2, 0.25) is 11.8 Å². The Morgan fingerprint density at radius 1 is 1.02 bits per heavy atom. The molecule has 0 bridgehead atoms. The highest BCUT2D eigenvalue weighted by molar-refractivity contribution is 7.81. The lowest BCUT2D eigenvalue weighted by Gasteiger charge is -2.29. The predicted molar refractivity (Wildman–Crippen MR) is 156 cm³/mol. The summed E-state index contributed by atoms with van der Waals surface area (Å²) in [5.74, 6) is -0.477. The van der Waals surface area contributed by atoms with E-state index in [4.69, 9.17) is 4.74 Å². The molecule has 2 fully saturated rings. The van der Waals surface area contributed by atoms with E-state index in [1.165, 1.54) is 41.3 Å². The molecule has 15 heteroatoms. The molecule has 2 aromatic rings. The van der Waals surface area contributed by atoms with Gasteiger partial charge in [0, 0.05) is 56.2 Å². The van der Waals surface area contributed by atoms with E-state index < -0.39 is 28.1 Å². The maximum atomic E-state index is 13.1. The number of nitro benzene ring substituents is 2. The molecule has 4 rings (SSSR count). The van der Waals surface area contributed by atoms with E-state index in [0.717, 1.165) is 0 Å². The molecule has 0 aliphatic carbocycles. The fourth-order valence-corrected chi connectivity index (χ4v) is 5.72. The molecule has 230 valence electrons. The number of likely N-dealkylation sites (tertiary alicyclic amines) is 2. The third-order valence-corrected chi connectivity index (χ3v) is 8.23. The van der Waals surface area contributed by atoms with Crippen LogP contribution in [0.3, 0.4) is 0 Å². The number of hydrogen-bond donors (Lipinski definition) is 2. The molecule has 14 nitrogen and oxygen atoms in total. The van der Waals surface area contributed by atoms with E-state index in [0.29, 0.717) is 37.1 Å². The number of rotatable bonds is 10. The van der Waals surface area contributed by atoms with Gasteiger partial charge in [0.1, 0.15) is 6.61 Å². The summed E-state index contributed by atoms with van der Waals surface area (Å²) in [6, 6.07) is 10.5. The molecular formula is C28H33N5O9S. The number of benzene rings is 2. The first-order valence-corrected chi connectivity index (χ1v) is 14.2. The van der Waals surface area contributed by atoms with E-state index in [2.05, 4.69) is 12.6 Å². The third kappa shape index (κ3) is 7.99. The molecule has 4 atom stereocenters. The maximum Gasteiger partial charge on any atom is 0.410 e. The summed E-state index contributed by atoms with van der Waals surface area (Å²) in [6.07, 6.45) is -1.05. The van der Waals surface area contributed by atoms with Crippen molar-refractivity contribution in [1.29, 1.82) is 0 Å². The molecule has 0 aromatic heterocycles. The number of carbonyl (C=O) groups is 3. The second-order valence-corrected chi connectivity index (χ2v) is 11.5. The maximum absolute atomic E-state index is 13.1. The number of ether oxygens (including phenoxy) is 1. The van der Waals surface area contributed by atoms with Crippen LogP contribution < -0.4 is 0 Å². The lowest BCUT2D eigenvalue weighted by molar-refractivity contribution is -0.385. The minimum Gasteiger partial charge on any atom is -0.445 e. The van der Waals surface area contributed by atoms with Gasteiger partial charge in [-0.3, -0.25) is 29.8 Å². The molecule has 2 aromatic carbocycles. The summed E-state index contributed by atoms with van der Waals surface area (Å²) in [5, 5.41) is 32.4. The van der Waals surface area contributed by atoms with Crippen LogP contribution in [0.25, 0.3) is 0 Å². The standard InChI is InChI=1S/C28H33N5O9S/c1-29(26(35)12-18-2-6-20(7-3-18)32(38)39)22-10-11-30(15-22)27(36)14-25(34)24-13-23(43)16-31(24)28(37)42-17-19-4-8-21(9-5-19)33(40)41/h2-9,22-25,34,43H,10-17H2,1H3/t22-,23-,24-,25?/m0/s1. The van der Waals surface area contributed by atoms with Crippen molar-refractivity contribution < 1.29 is 34.1 Å². The van der Waals surface area contributed by atoms with E-state index >= 15 is 0 Å². The summed E-state index contributed by atoms with van der Waals surface area (Å²) in [6.45, 7) is 0.824. The molecule has 0 saturated carbocycles. The van der Waals surface area contributed by atoms with Gasteiger partial charge in [-0.2, -0.15) is 12.6 Å². The smallest absolute Gasteiger partial charge is 0.410 e. The molecule has 0 radical (unpaired) electrons. The fourth-order valence-electron chi connectivity index (χ4n) is 5.33. The van der Waals surface area contributed by atoms with Gasteiger partial charge < -0.3 is 24.5 Å². The molecule has 1 unspecified atom stereocenters. The zero-order chi connectivity index (χ0) is 31.3. The van der Waals surface area contributed by atoms with Crippen LogP contribution in [0, 0.1) is 20.2 Å². The van der Waals surface area contributed by atoms with Gasteiger partial charge in [0.05, 0.1) is 40.9 Å². The largest absolute Gasteiger partial charge is 0.445 e. The number of thiol groups is 1. The topological polar surface area (TPSA) is 177 Å². The number of nitro groups is 2. The van der Waals surface area contributed by atoms with Crippen molar-refractivity contribution >= 4 is 41.9 Å². The number of hydrogen-bond acceptors (Lipinski definition) is 10. The second-order valence-electron chi connectivity index (χ2n) is 10.7. The van der Waals surface area contributed by atoms with Crippen LogP contribution in [-0.2, 0) is 27.4 Å². The molecule has 0 spiro atoms. The average molecular weight is 616 g/mol. The average Bonchev–Trinajstić information content (AvgIpc) is 3.63. The lowest BCUT2D eigenvalue weighted by Crippen LogP contribution is -2.45. The Hall–Kier alpha value is -4.24. The van der Waals surface area contributed by atoms with Gasteiger partial charge in [0.15, 0.2) is 0 Å². The SMILES string of the molecule is CN(C(=O)Cc1ccc([N+](=O)[O-])cc1)[C@H]1CCN(C(=O)CC(O)[C@@H]2C[C@H](S)CN2C(=O)OCc2ccc([N+](=O)[O-])cc2)C1. The highest BCUT2D eigenvalue weighted by Gasteiger charge is 2.41. The Labute approximate surface area is 252 Å². The first-order chi connectivity index (χ1) is 20.4. The highest BCUT2D eigenvalue weighted by Crippen LogP contribution is 2.28. The van der Waals surface area contributed by atoms with Crippen LogP contribution in [0.2, 0.25) is 0 Å². The van der Waals surface area contributed by atoms with Gasteiger partial charge >= 0.3 is 6.09 Å². The molecule has 3 amide bonds. The Balaban J connectivity index is 1.27. The molecule has 1 N–H and O–H groups in total. The summed E-state index contributed by atoms with van der Waals surface area (Å²) in [7, 11) is 1.66. The van der Waals surface area contributed by atoms with E-state index in [-0.39, 0.29) is 60.5 Å². The first-order valence-electron chi connectivity index (χ1n) is 13.7. The van der Waals surface area contributed by atoms with Crippen molar-refractivity contribution in [3.63, 3.8) is 0 Å². The Morgan fingerprint density at radius 3 is 2.19 bits per heavy atom. The summed E-state index contributed by atoms with van der Waals surface area (Å²) in [4.78, 5) is 63.9. The minimum absolute atomic E-state index is 0.0542. The predicted octanol–water partition coefficient (Wildman–Crippen LogP) is 2.57. The first kappa shape index (κ1) is 31.7. The number of non-ortho nitro benzene ring substituents is 2. The van der Waals surface area contributed by atoms with Crippen LogP contribution >= 0.6 is 12.6 Å². The number of nitrogens with zero attached hydrogens (tertiary/aromatic N) is 5. The van der Waals surface area contributed by atoms with Crippen LogP contribution in [0.15, 0.2) is 48.5 Å². The monoisotopic (exact) mass is 615 g/mol. The zero-order valence-corrected chi connectivity index (χ0v) is 24.4. The lowest BCUT2D eigenvalue weighted by atomic mass is 10.0. The van der Waals surface area contributed by atoms with Crippen molar-refractivity contribution in [2.24, 2.45) is 0 Å². The molecule has 2 saturated heterocycles. The van der Waals surface area contributed by atoms with E-state index in [1.807, 2.05) is 0 Å². The normalized spacial score (nSPS) is 20.5. The number of likely N-dealkylation sites (N-methyl/N-ethyl adjacent to an activating group) is 1. The number of carbonyl (C=O) groups excluding carboxylic acids is 3. The Bertz CT molecular complexity index is 1360. The summed E-state index contributed by atoms with van der Waals surface area (Å²) < 4.78 is 5.38. The molecule has 2 heterocycles. The van der Waals surface area contributed by atoms with Gasteiger partial charge in [-0.1, -0.05) is 12.1 Å². The Kier molecular flexibility index (Phi) is 10.2. The molecule has 2 aliphatic heterocycles. The van der Waals surface area contributed by atoms with Crippen LogP contribution in [0.5, 0.6) is 0 Å². The summed E-state index contributed by atoms with van der Waals surface area (Å²) in [5.41, 5.74) is 1.07. The Morgan fingerprint density at radius 2 is 1.60 bits per heavy atom. The number of aliphatic hydroxyl groups is 1. The van der Waals surface area contributed by atoms with Gasteiger partial charge in [-0.25, -0.2) is 4.79 Å². The van der Waals surface area contributed by atoms with Gasteiger partial charge in [-0.15, -0.1) is 0 Å². The zero-order valence-electron chi connectivity index (χ0n) is 23.5. The van der Waals surface area contributed by atoms with Gasteiger partial charge in [0.25, 0.3) is 11.4 Å². The van der Waals surface area contributed by atoms with Crippen LogP contribution in [-0.4, -0.2) is 97.7 Å². The third-order valence-electron chi connectivity index (χ3n) is 7.85. The summed E-state index contributed by atoms with van der Waals surface area (Å²) >= 11 is 4.46. The molecule has 2 aliphatic rings. The highest BCUT2D eigenvalue weighted by atomic mass is 32.1. The fraction of sp³-hybridized carbons (Fsp3) is 0.464. The van der Waals surface area contributed by atoms with E-state index in [9.17, 15) is 39.7 Å². The van der Waals surface area contributed by atoms with Crippen molar-refractivity contribution in [3.8, 4) is 0 Å². The minimum atomic E-state index is -1.16. The number of aliphatic hydroxyl groups excluding tert-OH is 1.